The molecule has 1 amide bonds. The van der Waals surface area contributed by atoms with Crippen molar-refractivity contribution in [1.82, 2.24) is 29.3 Å². The Bertz CT molecular complexity index is 1090. The Labute approximate surface area is 171 Å². The van der Waals surface area contributed by atoms with Crippen LogP contribution in [0.25, 0.3) is 16.8 Å². The van der Waals surface area contributed by atoms with Crippen molar-refractivity contribution in [3.63, 3.8) is 0 Å². The van der Waals surface area contributed by atoms with Gasteiger partial charge in [-0.2, -0.15) is 10.2 Å². The summed E-state index contributed by atoms with van der Waals surface area (Å²) in [5.41, 5.74) is 1.52. The van der Waals surface area contributed by atoms with Gasteiger partial charge in [-0.3, -0.25) is 9.48 Å². The minimum absolute atomic E-state index is 0.336. The minimum Gasteiger partial charge on any atom is -0.470 e. The van der Waals surface area contributed by atoms with Gasteiger partial charge in [0.15, 0.2) is 0 Å². The van der Waals surface area contributed by atoms with E-state index in [1.165, 1.54) is 0 Å². The Morgan fingerprint density at radius 1 is 1.43 bits per heavy atom. The zero-order valence-corrected chi connectivity index (χ0v) is 16.7. The first-order chi connectivity index (χ1) is 14.3. The molecule has 10 heteroatoms. The van der Waals surface area contributed by atoms with Crippen LogP contribution >= 0.6 is 0 Å². The van der Waals surface area contributed by atoms with E-state index in [9.17, 15) is 13.6 Å². The predicted molar refractivity (Wildman–Crippen MR) is 105 cm³/mol. The van der Waals surface area contributed by atoms with Crippen molar-refractivity contribution in [2.24, 2.45) is 7.05 Å². The van der Waals surface area contributed by atoms with Gasteiger partial charge in [-0.05, 0) is 19.1 Å². The highest BCUT2D eigenvalue weighted by Crippen LogP contribution is 2.40. The van der Waals surface area contributed by atoms with E-state index in [1.54, 1.807) is 33.9 Å². The molecule has 0 atom stereocenters. The van der Waals surface area contributed by atoms with Gasteiger partial charge in [-0.25, -0.2) is 18.3 Å². The fourth-order valence-corrected chi connectivity index (χ4v) is 3.82. The Hall–Kier alpha value is -3.30. The van der Waals surface area contributed by atoms with Crippen LogP contribution in [0.4, 0.5) is 8.78 Å². The summed E-state index contributed by atoms with van der Waals surface area (Å²) in [6.45, 7) is 4.67. The quantitative estimate of drug-likeness (QED) is 0.554. The number of carbonyl (C=O) groups is 1. The summed E-state index contributed by atoms with van der Waals surface area (Å²) in [7, 11) is 1.82. The first-order valence-corrected chi connectivity index (χ1v) is 9.51. The van der Waals surface area contributed by atoms with Gasteiger partial charge in [0.2, 0.25) is 11.8 Å². The summed E-state index contributed by atoms with van der Waals surface area (Å²) in [5.74, 6) is -0.109. The van der Waals surface area contributed by atoms with Crippen LogP contribution in [0.15, 0.2) is 43.5 Å². The molecule has 0 radical (unpaired) electrons. The molecule has 3 aromatic rings. The molecule has 1 saturated carbocycles. The van der Waals surface area contributed by atoms with Crippen LogP contribution < -0.4 is 4.74 Å². The predicted octanol–water partition coefficient (Wildman–Crippen LogP) is 2.71. The highest BCUT2D eigenvalue weighted by molar-refractivity contribution is 5.87. The van der Waals surface area contributed by atoms with Crippen LogP contribution in [-0.4, -0.2) is 59.8 Å². The summed E-state index contributed by atoms with van der Waals surface area (Å²) in [5, 5.41) is 8.45. The van der Waals surface area contributed by atoms with Crippen molar-refractivity contribution in [3.05, 3.63) is 43.5 Å². The first-order valence-electron chi connectivity index (χ1n) is 9.51. The van der Waals surface area contributed by atoms with Crippen molar-refractivity contribution in [2.45, 2.75) is 37.8 Å². The van der Waals surface area contributed by atoms with Crippen LogP contribution in [0, 0.1) is 0 Å². The number of aromatic nitrogens is 5. The number of hydrogen-bond donors (Lipinski definition) is 0. The average Bonchev–Trinajstić information content (AvgIpc) is 3.32. The van der Waals surface area contributed by atoms with E-state index in [0.717, 1.165) is 16.5 Å². The SMILES string of the molecule is C=CC(=O)N(CC(F)F)[C@H]1C[C@@](C)(Oc2nc(-c3cnn(C)c3)cn3nccc23)C1. The zero-order valence-electron chi connectivity index (χ0n) is 16.7. The highest BCUT2D eigenvalue weighted by Gasteiger charge is 2.47. The average molecular weight is 416 g/mol. The number of aryl methyl sites for hydroxylation is 1. The molecular weight excluding hydrogens is 394 g/mol. The molecule has 0 unspecified atom stereocenters. The van der Waals surface area contributed by atoms with E-state index in [2.05, 4.69) is 21.8 Å². The second kappa shape index (κ2) is 7.51. The lowest BCUT2D eigenvalue weighted by Crippen LogP contribution is -2.58. The Morgan fingerprint density at radius 3 is 2.83 bits per heavy atom. The van der Waals surface area contributed by atoms with Gasteiger partial charge in [0.05, 0.1) is 30.8 Å². The molecule has 1 aliphatic rings. The molecule has 3 heterocycles. The van der Waals surface area contributed by atoms with E-state index in [-0.39, 0.29) is 6.04 Å². The largest absolute Gasteiger partial charge is 0.470 e. The van der Waals surface area contributed by atoms with Gasteiger partial charge in [0.1, 0.15) is 11.1 Å². The number of fused-ring (bicyclic) bond motifs is 1. The summed E-state index contributed by atoms with van der Waals surface area (Å²) in [6.07, 6.45) is 6.27. The van der Waals surface area contributed by atoms with Crippen molar-refractivity contribution in [1.29, 1.82) is 0 Å². The second-order valence-electron chi connectivity index (χ2n) is 7.69. The molecule has 30 heavy (non-hydrogen) atoms. The minimum atomic E-state index is -2.61. The molecule has 4 rings (SSSR count). The number of carbonyl (C=O) groups excluding carboxylic acids is 1. The third-order valence-corrected chi connectivity index (χ3v) is 5.27. The smallest absolute Gasteiger partial charge is 0.255 e. The number of hydrogen-bond acceptors (Lipinski definition) is 5. The van der Waals surface area contributed by atoms with E-state index < -0.39 is 24.5 Å². The molecule has 1 aliphatic carbocycles. The van der Waals surface area contributed by atoms with Crippen LogP contribution in [-0.2, 0) is 11.8 Å². The van der Waals surface area contributed by atoms with Gasteiger partial charge < -0.3 is 9.64 Å². The second-order valence-corrected chi connectivity index (χ2v) is 7.69. The number of rotatable bonds is 7. The topological polar surface area (TPSA) is 77.6 Å². The van der Waals surface area contributed by atoms with E-state index in [0.29, 0.717) is 29.9 Å². The molecule has 0 bridgehead atoms. The van der Waals surface area contributed by atoms with Gasteiger partial charge in [-0.15, -0.1) is 0 Å². The number of alkyl halides is 2. The summed E-state index contributed by atoms with van der Waals surface area (Å²) in [4.78, 5) is 17.8. The van der Waals surface area contributed by atoms with Crippen LogP contribution in [0.1, 0.15) is 19.8 Å². The first kappa shape index (κ1) is 20.0. The molecule has 3 aromatic heterocycles. The summed E-state index contributed by atoms with van der Waals surface area (Å²) < 4.78 is 35.4. The van der Waals surface area contributed by atoms with E-state index in [4.69, 9.17) is 4.74 Å². The molecule has 158 valence electrons. The maximum atomic E-state index is 12.9. The van der Waals surface area contributed by atoms with Gasteiger partial charge in [-0.1, -0.05) is 6.58 Å². The lowest BCUT2D eigenvalue weighted by molar-refractivity contribution is -0.139. The Balaban J connectivity index is 1.56. The summed E-state index contributed by atoms with van der Waals surface area (Å²) >= 11 is 0. The third-order valence-electron chi connectivity index (χ3n) is 5.27. The monoisotopic (exact) mass is 416 g/mol. The van der Waals surface area contributed by atoms with Crippen LogP contribution in [0.5, 0.6) is 5.88 Å². The number of halogens is 2. The Morgan fingerprint density at radius 2 is 2.20 bits per heavy atom. The number of ether oxygens (including phenoxy) is 1. The lowest BCUT2D eigenvalue weighted by atomic mass is 9.76. The molecule has 0 aliphatic heterocycles. The van der Waals surface area contributed by atoms with Gasteiger partial charge in [0.25, 0.3) is 6.43 Å². The fraction of sp³-hybridized carbons (Fsp3) is 0.400. The molecular formula is C20H22F2N6O2. The summed E-state index contributed by atoms with van der Waals surface area (Å²) in [6, 6.07) is 1.45. The van der Waals surface area contributed by atoms with Gasteiger partial charge in [0, 0.05) is 37.7 Å². The molecule has 0 aromatic carbocycles. The third kappa shape index (κ3) is 3.77. The van der Waals surface area contributed by atoms with Crippen molar-refractivity contribution in [2.75, 3.05) is 6.54 Å². The van der Waals surface area contributed by atoms with Crippen molar-refractivity contribution >= 4 is 11.4 Å². The lowest BCUT2D eigenvalue weighted by Gasteiger charge is -2.49. The van der Waals surface area contributed by atoms with Gasteiger partial charge >= 0.3 is 0 Å². The molecule has 1 fully saturated rings. The molecule has 0 N–H and O–H groups in total. The molecule has 8 nitrogen and oxygen atoms in total. The normalized spacial score (nSPS) is 20.9. The molecule has 0 saturated heterocycles. The Kier molecular flexibility index (Phi) is 5.00. The van der Waals surface area contributed by atoms with E-state index in [1.807, 2.05) is 20.2 Å². The standard InChI is InChI=1S/C20H22F2N6O2/c1-4-18(29)27(12-17(21)22)14-7-20(2,8-14)30-19-16-5-6-23-28(16)11-15(25-19)13-9-24-26(3)10-13/h4-6,9-11,14,17H,1,7-8,12H2,2-3H3/t14-,20+. The number of amides is 1. The molecule has 0 spiro atoms. The maximum absolute atomic E-state index is 12.9. The van der Waals surface area contributed by atoms with Crippen molar-refractivity contribution < 1.29 is 18.3 Å². The van der Waals surface area contributed by atoms with Crippen LogP contribution in [0.3, 0.4) is 0 Å². The van der Waals surface area contributed by atoms with Crippen LogP contribution in [0.2, 0.25) is 0 Å². The highest BCUT2D eigenvalue weighted by atomic mass is 19.3. The fourth-order valence-electron chi connectivity index (χ4n) is 3.82. The maximum Gasteiger partial charge on any atom is 0.255 e. The van der Waals surface area contributed by atoms with E-state index >= 15 is 0 Å². The number of nitrogens with zero attached hydrogens (tertiary/aromatic N) is 6. The zero-order chi connectivity index (χ0) is 21.5. The van der Waals surface area contributed by atoms with Crippen molar-refractivity contribution in [3.8, 4) is 17.1 Å².